The summed E-state index contributed by atoms with van der Waals surface area (Å²) < 4.78 is 1.10. The number of pyridine rings is 1. The molecule has 3 rings (SSSR count). The molecule has 8 nitrogen and oxygen atoms in total. The van der Waals surface area contributed by atoms with Crippen LogP contribution in [0.1, 0.15) is 12.5 Å². The topological polar surface area (TPSA) is 103 Å². The molecule has 0 unspecified atom stereocenters. The van der Waals surface area contributed by atoms with Gasteiger partial charge in [-0.15, -0.1) is 0 Å². The Morgan fingerprint density at radius 1 is 1.30 bits per heavy atom. The number of fused-ring (bicyclic) bond motifs is 1. The monoisotopic (exact) mass is 404 g/mol. The Labute approximate surface area is 166 Å². The number of anilines is 3. The fourth-order valence-electron chi connectivity index (χ4n) is 2.34. The van der Waals surface area contributed by atoms with Gasteiger partial charge >= 0.3 is 6.03 Å². The molecule has 2 aromatic heterocycles. The average molecular weight is 405 g/mol. The van der Waals surface area contributed by atoms with Crippen LogP contribution in [0.25, 0.3) is 11.2 Å². The number of nitrogens with zero attached hydrogens (tertiary/aromatic N) is 4. The Hall–Kier alpha value is -2.62. The van der Waals surface area contributed by atoms with Crippen molar-refractivity contribution in [2.75, 3.05) is 16.2 Å². The Morgan fingerprint density at radius 3 is 2.85 bits per heavy atom. The summed E-state index contributed by atoms with van der Waals surface area (Å²) >= 11 is 10.2. The third-order valence-corrected chi connectivity index (χ3v) is 4.26. The average Bonchev–Trinajstić information content (AvgIpc) is 2.67. The van der Waals surface area contributed by atoms with Gasteiger partial charge in [0, 0.05) is 22.8 Å². The molecule has 10 heteroatoms. The molecule has 0 saturated heterocycles. The van der Waals surface area contributed by atoms with Crippen LogP contribution in [0.3, 0.4) is 0 Å². The molecule has 0 fully saturated rings. The van der Waals surface area contributed by atoms with Crippen LogP contribution < -0.4 is 14.9 Å². The molecular weight excluding hydrogens is 388 g/mol. The molecule has 2 heterocycles. The van der Waals surface area contributed by atoms with Crippen LogP contribution in [0, 0.1) is 0 Å². The molecule has 2 amide bonds. The summed E-state index contributed by atoms with van der Waals surface area (Å²) in [6.07, 6.45) is 1.55. The van der Waals surface area contributed by atoms with Crippen molar-refractivity contribution >= 4 is 58.9 Å². The van der Waals surface area contributed by atoms with E-state index in [4.69, 9.17) is 11.6 Å². The number of hydrogen-bond donors (Lipinski definition) is 4. The molecule has 0 aliphatic rings. The van der Waals surface area contributed by atoms with Gasteiger partial charge in [-0.3, -0.25) is 0 Å². The minimum absolute atomic E-state index is 0.149. The number of aromatic nitrogens is 3. The Bertz CT molecular complexity index is 987. The quantitative estimate of drug-likeness (QED) is 0.486. The standard InChI is InChI=1S/C17H17ClN6O2S/c1-2-19-17(26)24(27)15-6-5-12-16(23-15)22-14(8-20-12)21-13-7-11(18)4-3-10(13)9-25/h3-8,25,27H,2,9H2,1H3,(H,19,26)(H,21,22,23). The van der Waals surface area contributed by atoms with Crippen LogP contribution in [0.15, 0.2) is 36.5 Å². The summed E-state index contributed by atoms with van der Waals surface area (Å²) in [5, 5.41) is 15.7. The van der Waals surface area contributed by atoms with Gasteiger partial charge in [0.2, 0.25) is 0 Å². The predicted molar refractivity (Wildman–Crippen MR) is 109 cm³/mol. The molecule has 0 aliphatic carbocycles. The van der Waals surface area contributed by atoms with Gasteiger partial charge in [-0.2, -0.15) is 0 Å². The lowest BCUT2D eigenvalue weighted by Crippen LogP contribution is -2.34. The summed E-state index contributed by atoms with van der Waals surface area (Å²) in [7, 11) is 0. The van der Waals surface area contributed by atoms with Gasteiger partial charge in [-0.25, -0.2) is 24.1 Å². The molecule has 0 spiro atoms. The molecule has 0 saturated carbocycles. The first-order chi connectivity index (χ1) is 13.0. The third kappa shape index (κ3) is 4.38. The van der Waals surface area contributed by atoms with Crippen LogP contribution in [-0.4, -0.2) is 32.6 Å². The van der Waals surface area contributed by atoms with E-state index in [-0.39, 0.29) is 12.6 Å². The summed E-state index contributed by atoms with van der Waals surface area (Å²) in [6.45, 7) is 2.14. The van der Waals surface area contributed by atoms with E-state index in [0.29, 0.717) is 45.6 Å². The lowest BCUT2D eigenvalue weighted by molar-refractivity contribution is 0.250. The maximum atomic E-state index is 11.9. The number of thiol groups is 1. The van der Waals surface area contributed by atoms with Gasteiger partial charge in [0.15, 0.2) is 11.5 Å². The normalized spacial score (nSPS) is 10.7. The Kier molecular flexibility index (Phi) is 5.94. The molecule has 140 valence electrons. The van der Waals surface area contributed by atoms with Gasteiger partial charge < -0.3 is 15.7 Å². The SMILES string of the molecule is CCNC(=O)N(S)c1ccc2ncc(Nc3cc(Cl)ccc3CO)nc2n1. The summed E-state index contributed by atoms with van der Waals surface area (Å²) in [5.74, 6) is 0.745. The van der Waals surface area contributed by atoms with Crippen LogP contribution >= 0.6 is 24.4 Å². The highest BCUT2D eigenvalue weighted by molar-refractivity contribution is 7.82. The number of benzene rings is 1. The van der Waals surface area contributed by atoms with Crippen LogP contribution in [0.4, 0.5) is 22.1 Å². The fourth-order valence-corrected chi connectivity index (χ4v) is 2.69. The van der Waals surface area contributed by atoms with Gasteiger partial charge in [0.1, 0.15) is 11.3 Å². The van der Waals surface area contributed by atoms with E-state index >= 15 is 0 Å². The van der Waals surface area contributed by atoms with E-state index in [2.05, 4.69) is 38.4 Å². The first-order valence-electron chi connectivity index (χ1n) is 8.08. The number of aliphatic hydroxyl groups excluding tert-OH is 1. The highest BCUT2D eigenvalue weighted by atomic mass is 35.5. The van der Waals surface area contributed by atoms with Crippen molar-refractivity contribution < 1.29 is 9.90 Å². The first kappa shape index (κ1) is 19.2. The minimum Gasteiger partial charge on any atom is -0.392 e. The van der Waals surface area contributed by atoms with Gasteiger partial charge in [0.25, 0.3) is 0 Å². The summed E-state index contributed by atoms with van der Waals surface area (Å²) in [4.78, 5) is 25.0. The van der Waals surface area contributed by atoms with Crippen molar-refractivity contribution in [3.63, 3.8) is 0 Å². The van der Waals surface area contributed by atoms with Crippen molar-refractivity contribution in [1.82, 2.24) is 20.3 Å². The Balaban J connectivity index is 1.92. The van der Waals surface area contributed by atoms with Gasteiger partial charge in [-0.05, 0) is 31.2 Å². The van der Waals surface area contributed by atoms with E-state index in [0.717, 1.165) is 4.31 Å². The molecule has 1 aromatic carbocycles. The lowest BCUT2D eigenvalue weighted by atomic mass is 10.2. The molecule has 3 aromatic rings. The summed E-state index contributed by atoms with van der Waals surface area (Å²) in [5.41, 5.74) is 2.19. The largest absolute Gasteiger partial charge is 0.392 e. The third-order valence-electron chi connectivity index (χ3n) is 3.63. The van der Waals surface area contributed by atoms with Crippen LogP contribution in [0.2, 0.25) is 5.02 Å². The number of nitrogens with one attached hydrogen (secondary N) is 2. The highest BCUT2D eigenvalue weighted by Gasteiger charge is 2.14. The zero-order chi connectivity index (χ0) is 19.4. The maximum absolute atomic E-state index is 11.9. The van der Waals surface area contributed by atoms with Crippen molar-refractivity contribution in [3.05, 3.63) is 47.1 Å². The number of rotatable bonds is 5. The van der Waals surface area contributed by atoms with E-state index in [1.54, 1.807) is 36.5 Å². The second-order valence-corrected chi connectivity index (χ2v) is 6.34. The number of urea groups is 1. The molecule has 27 heavy (non-hydrogen) atoms. The van der Waals surface area contributed by atoms with Gasteiger partial charge in [0.05, 0.1) is 12.8 Å². The molecule has 0 radical (unpaired) electrons. The minimum atomic E-state index is -0.388. The maximum Gasteiger partial charge on any atom is 0.333 e. The van der Waals surface area contributed by atoms with Crippen LogP contribution in [-0.2, 0) is 6.61 Å². The van der Waals surface area contributed by atoms with Crippen LogP contribution in [0.5, 0.6) is 0 Å². The number of carbonyl (C=O) groups excluding carboxylic acids is 1. The van der Waals surface area contributed by atoms with E-state index in [9.17, 15) is 9.90 Å². The number of aliphatic hydroxyl groups is 1. The molecule has 0 aliphatic heterocycles. The molecular formula is C17H17ClN6O2S. The number of halogens is 1. The number of amides is 2. The highest BCUT2D eigenvalue weighted by Crippen LogP contribution is 2.25. The Morgan fingerprint density at radius 2 is 2.11 bits per heavy atom. The van der Waals surface area contributed by atoms with Gasteiger partial charge in [-0.1, -0.05) is 30.5 Å². The molecule has 0 atom stereocenters. The van der Waals surface area contributed by atoms with E-state index in [1.165, 1.54) is 0 Å². The number of hydrogen-bond acceptors (Lipinski definition) is 7. The van der Waals surface area contributed by atoms with Crippen molar-refractivity contribution in [1.29, 1.82) is 0 Å². The van der Waals surface area contributed by atoms with E-state index in [1.807, 2.05) is 6.92 Å². The van der Waals surface area contributed by atoms with Crippen molar-refractivity contribution in [3.8, 4) is 0 Å². The molecule has 3 N–H and O–H groups in total. The predicted octanol–water partition coefficient (Wildman–Crippen LogP) is 3.29. The lowest BCUT2D eigenvalue weighted by Gasteiger charge is -2.15. The van der Waals surface area contributed by atoms with E-state index < -0.39 is 0 Å². The second-order valence-electron chi connectivity index (χ2n) is 5.50. The van der Waals surface area contributed by atoms with Crippen molar-refractivity contribution in [2.24, 2.45) is 0 Å². The zero-order valence-corrected chi connectivity index (χ0v) is 16.0. The number of carbonyl (C=O) groups is 1. The molecule has 0 bridgehead atoms. The summed E-state index contributed by atoms with van der Waals surface area (Å²) in [6, 6.07) is 8.05. The first-order valence-corrected chi connectivity index (χ1v) is 8.86. The zero-order valence-electron chi connectivity index (χ0n) is 14.3. The second kappa shape index (κ2) is 8.38. The fraction of sp³-hybridized carbons (Fsp3) is 0.176. The smallest absolute Gasteiger partial charge is 0.333 e. The van der Waals surface area contributed by atoms with Crippen molar-refractivity contribution in [2.45, 2.75) is 13.5 Å².